The number of carbonyl (C=O) groups excluding carboxylic acids is 1. The van der Waals surface area contributed by atoms with Gasteiger partial charge in [0.25, 0.3) is 0 Å². The number of rotatable bonds is 3. The van der Waals surface area contributed by atoms with Crippen LogP contribution in [0, 0.1) is 0 Å². The van der Waals surface area contributed by atoms with Gasteiger partial charge in [-0.15, -0.1) is 0 Å². The molecule has 4 heteroatoms. The van der Waals surface area contributed by atoms with Crippen LogP contribution in [0.2, 0.25) is 0 Å². The zero-order valence-electron chi connectivity index (χ0n) is 9.90. The highest BCUT2D eigenvalue weighted by molar-refractivity contribution is 8.00. The number of hydrogen-bond donors (Lipinski definition) is 1. The molecule has 1 rings (SSSR count). The van der Waals surface area contributed by atoms with Crippen molar-refractivity contribution in [3.05, 3.63) is 0 Å². The van der Waals surface area contributed by atoms with Crippen molar-refractivity contribution in [2.24, 2.45) is 5.73 Å². The van der Waals surface area contributed by atoms with Crippen LogP contribution >= 0.6 is 11.8 Å². The van der Waals surface area contributed by atoms with Crippen LogP contribution < -0.4 is 5.73 Å². The molecule has 15 heavy (non-hydrogen) atoms. The summed E-state index contributed by atoms with van der Waals surface area (Å²) in [6.45, 7) is 8.11. The van der Waals surface area contributed by atoms with E-state index in [4.69, 9.17) is 5.73 Å². The fourth-order valence-electron chi connectivity index (χ4n) is 1.89. The van der Waals surface area contributed by atoms with Crippen LogP contribution in [0.15, 0.2) is 0 Å². The lowest BCUT2D eigenvalue weighted by molar-refractivity contribution is -0.131. The number of nitrogens with zero attached hydrogens (tertiary/aromatic N) is 1. The van der Waals surface area contributed by atoms with E-state index in [2.05, 4.69) is 13.8 Å². The first-order chi connectivity index (χ1) is 6.99. The SMILES string of the molecule is CC(N)CCC(=O)N1CC(C)SC(C)C1. The quantitative estimate of drug-likeness (QED) is 0.798. The molecular weight excluding hydrogens is 208 g/mol. The van der Waals surface area contributed by atoms with E-state index in [1.807, 2.05) is 23.6 Å². The lowest BCUT2D eigenvalue weighted by Gasteiger charge is -2.34. The Morgan fingerprint density at radius 1 is 1.47 bits per heavy atom. The van der Waals surface area contributed by atoms with Gasteiger partial charge in [0.1, 0.15) is 0 Å². The minimum Gasteiger partial charge on any atom is -0.341 e. The maximum atomic E-state index is 11.9. The summed E-state index contributed by atoms with van der Waals surface area (Å²) in [5.41, 5.74) is 5.65. The molecule has 2 N–H and O–H groups in total. The Hall–Kier alpha value is -0.220. The van der Waals surface area contributed by atoms with Gasteiger partial charge in [0.05, 0.1) is 0 Å². The van der Waals surface area contributed by atoms with E-state index in [1.165, 1.54) is 0 Å². The lowest BCUT2D eigenvalue weighted by atomic mass is 10.1. The first kappa shape index (κ1) is 12.8. The van der Waals surface area contributed by atoms with E-state index in [0.29, 0.717) is 16.9 Å². The minimum atomic E-state index is 0.128. The molecule has 1 saturated heterocycles. The second-order valence-corrected chi connectivity index (χ2v) is 6.45. The van der Waals surface area contributed by atoms with Crippen LogP contribution in [-0.4, -0.2) is 40.4 Å². The molecule has 0 saturated carbocycles. The summed E-state index contributed by atoms with van der Waals surface area (Å²) in [7, 11) is 0. The lowest BCUT2D eigenvalue weighted by Crippen LogP contribution is -2.44. The number of carbonyl (C=O) groups is 1. The predicted octanol–water partition coefficient (Wildman–Crippen LogP) is 1.47. The molecule has 0 aromatic carbocycles. The minimum absolute atomic E-state index is 0.128. The average Bonchev–Trinajstić information content (AvgIpc) is 2.12. The van der Waals surface area contributed by atoms with Crippen molar-refractivity contribution < 1.29 is 4.79 Å². The second kappa shape index (κ2) is 5.75. The first-order valence-electron chi connectivity index (χ1n) is 5.68. The summed E-state index contributed by atoms with van der Waals surface area (Å²) in [5.74, 6) is 0.270. The van der Waals surface area contributed by atoms with Crippen molar-refractivity contribution in [2.45, 2.75) is 50.2 Å². The third-order valence-corrected chi connectivity index (χ3v) is 3.81. The maximum absolute atomic E-state index is 11.9. The molecule has 0 aromatic heterocycles. The smallest absolute Gasteiger partial charge is 0.222 e. The van der Waals surface area contributed by atoms with Gasteiger partial charge in [-0.25, -0.2) is 0 Å². The molecule has 0 bridgehead atoms. The first-order valence-corrected chi connectivity index (χ1v) is 6.62. The van der Waals surface area contributed by atoms with Gasteiger partial charge in [-0.2, -0.15) is 11.8 Å². The standard InChI is InChI=1S/C11H22N2OS/c1-8(12)4-5-11(14)13-6-9(2)15-10(3)7-13/h8-10H,4-7,12H2,1-3H3. The molecule has 3 atom stereocenters. The van der Waals surface area contributed by atoms with Gasteiger partial charge in [0.2, 0.25) is 5.91 Å². The van der Waals surface area contributed by atoms with Gasteiger partial charge >= 0.3 is 0 Å². The third-order valence-electron chi connectivity index (χ3n) is 2.59. The maximum Gasteiger partial charge on any atom is 0.222 e. The molecule has 88 valence electrons. The topological polar surface area (TPSA) is 46.3 Å². The zero-order valence-corrected chi connectivity index (χ0v) is 10.7. The number of nitrogens with two attached hydrogens (primary N) is 1. The van der Waals surface area contributed by atoms with Crippen LogP contribution in [0.1, 0.15) is 33.6 Å². The number of hydrogen-bond acceptors (Lipinski definition) is 3. The Kier molecular flexibility index (Phi) is 4.93. The van der Waals surface area contributed by atoms with Crippen molar-refractivity contribution in [1.82, 2.24) is 4.90 Å². The molecule has 1 fully saturated rings. The summed E-state index contributed by atoms with van der Waals surface area (Å²) in [6, 6.07) is 0.128. The van der Waals surface area contributed by atoms with Crippen LogP contribution in [0.5, 0.6) is 0 Å². The molecule has 0 spiro atoms. The molecular formula is C11H22N2OS. The van der Waals surface area contributed by atoms with Gasteiger partial charge in [-0.1, -0.05) is 13.8 Å². The molecule has 1 aliphatic heterocycles. The number of amides is 1. The molecule has 1 heterocycles. The van der Waals surface area contributed by atoms with Crippen LogP contribution in [-0.2, 0) is 4.79 Å². The molecule has 1 aliphatic rings. The van der Waals surface area contributed by atoms with Gasteiger partial charge in [0.15, 0.2) is 0 Å². The van der Waals surface area contributed by atoms with Gasteiger partial charge in [0, 0.05) is 36.1 Å². The average molecular weight is 230 g/mol. The molecule has 1 amide bonds. The van der Waals surface area contributed by atoms with Crippen molar-refractivity contribution in [3.63, 3.8) is 0 Å². The van der Waals surface area contributed by atoms with E-state index in [0.717, 1.165) is 19.5 Å². The van der Waals surface area contributed by atoms with Crippen molar-refractivity contribution >= 4 is 17.7 Å². The fraction of sp³-hybridized carbons (Fsp3) is 0.909. The molecule has 0 aliphatic carbocycles. The summed E-state index contributed by atoms with van der Waals surface area (Å²) in [6.07, 6.45) is 1.40. The number of thioether (sulfide) groups is 1. The largest absolute Gasteiger partial charge is 0.341 e. The van der Waals surface area contributed by atoms with E-state index in [-0.39, 0.29) is 11.9 Å². The normalized spacial score (nSPS) is 28.9. The van der Waals surface area contributed by atoms with Gasteiger partial charge in [-0.3, -0.25) is 4.79 Å². The van der Waals surface area contributed by atoms with Gasteiger partial charge < -0.3 is 10.6 Å². The Morgan fingerprint density at radius 3 is 2.47 bits per heavy atom. The van der Waals surface area contributed by atoms with Gasteiger partial charge in [-0.05, 0) is 13.3 Å². The summed E-state index contributed by atoms with van der Waals surface area (Å²) >= 11 is 1.97. The van der Waals surface area contributed by atoms with E-state index >= 15 is 0 Å². The molecule has 3 unspecified atom stereocenters. The van der Waals surface area contributed by atoms with E-state index < -0.39 is 0 Å². The Labute approximate surface area is 96.8 Å². The van der Waals surface area contributed by atoms with Crippen molar-refractivity contribution in [1.29, 1.82) is 0 Å². The highest BCUT2D eigenvalue weighted by atomic mass is 32.2. The third kappa shape index (κ3) is 4.43. The zero-order chi connectivity index (χ0) is 11.4. The van der Waals surface area contributed by atoms with Crippen molar-refractivity contribution in [3.8, 4) is 0 Å². The molecule has 0 radical (unpaired) electrons. The second-order valence-electron chi connectivity index (χ2n) is 4.57. The fourth-order valence-corrected chi connectivity index (χ4v) is 3.22. The summed E-state index contributed by atoms with van der Waals surface area (Å²) in [5, 5.41) is 1.13. The van der Waals surface area contributed by atoms with Crippen molar-refractivity contribution in [2.75, 3.05) is 13.1 Å². The Morgan fingerprint density at radius 2 is 2.00 bits per heavy atom. The highest BCUT2D eigenvalue weighted by Crippen LogP contribution is 2.25. The molecule has 0 aromatic rings. The van der Waals surface area contributed by atoms with E-state index in [1.54, 1.807) is 0 Å². The monoisotopic (exact) mass is 230 g/mol. The summed E-state index contributed by atoms with van der Waals surface area (Å²) < 4.78 is 0. The predicted molar refractivity (Wildman–Crippen MR) is 66.0 cm³/mol. The van der Waals surface area contributed by atoms with E-state index in [9.17, 15) is 4.79 Å². The molecule has 3 nitrogen and oxygen atoms in total. The summed E-state index contributed by atoms with van der Waals surface area (Å²) in [4.78, 5) is 13.8. The Balaban J connectivity index is 2.38. The van der Waals surface area contributed by atoms with Crippen LogP contribution in [0.3, 0.4) is 0 Å². The highest BCUT2D eigenvalue weighted by Gasteiger charge is 2.25. The van der Waals surface area contributed by atoms with Crippen LogP contribution in [0.4, 0.5) is 0 Å². The van der Waals surface area contributed by atoms with Crippen LogP contribution in [0.25, 0.3) is 0 Å². The Bertz CT molecular complexity index is 211.